The Morgan fingerprint density at radius 2 is 1.94 bits per heavy atom. The lowest BCUT2D eigenvalue weighted by atomic mass is 10.1. The van der Waals surface area contributed by atoms with E-state index >= 15 is 0 Å². The molecule has 164 valence electrons. The van der Waals surface area contributed by atoms with Gasteiger partial charge in [0.1, 0.15) is 12.1 Å². The van der Waals surface area contributed by atoms with Gasteiger partial charge in [-0.15, -0.1) is 0 Å². The summed E-state index contributed by atoms with van der Waals surface area (Å²) in [6.45, 7) is 3.11. The van der Waals surface area contributed by atoms with Gasteiger partial charge in [0.25, 0.3) is 5.91 Å². The minimum Gasteiger partial charge on any atom is -0.361 e. The van der Waals surface area contributed by atoms with E-state index in [1.165, 1.54) is 0 Å². The second kappa shape index (κ2) is 8.15. The maximum absolute atomic E-state index is 13.3. The summed E-state index contributed by atoms with van der Waals surface area (Å²) in [6.07, 6.45) is 3.31. The molecule has 2 N–H and O–H groups in total. The predicted molar refractivity (Wildman–Crippen MR) is 121 cm³/mol. The van der Waals surface area contributed by atoms with E-state index in [9.17, 15) is 14.4 Å². The highest BCUT2D eigenvalue weighted by Crippen LogP contribution is 2.27. The third kappa shape index (κ3) is 3.43. The van der Waals surface area contributed by atoms with E-state index in [4.69, 9.17) is 0 Å². The molecule has 1 aromatic heterocycles. The van der Waals surface area contributed by atoms with Gasteiger partial charge in [0.2, 0.25) is 11.8 Å². The average Bonchev–Trinajstić information content (AvgIpc) is 3.54. The molecule has 0 saturated carbocycles. The zero-order valence-electron chi connectivity index (χ0n) is 18.0. The van der Waals surface area contributed by atoms with Crippen LogP contribution in [0.5, 0.6) is 0 Å². The Labute approximate surface area is 186 Å². The van der Waals surface area contributed by atoms with Crippen molar-refractivity contribution in [3.8, 4) is 0 Å². The van der Waals surface area contributed by atoms with E-state index in [1.807, 2.05) is 48.7 Å². The molecule has 32 heavy (non-hydrogen) atoms. The smallest absolute Gasteiger partial charge is 0.255 e. The topological polar surface area (TPSA) is 85.5 Å². The predicted octanol–water partition coefficient (Wildman–Crippen LogP) is 2.82. The minimum absolute atomic E-state index is 0.124. The van der Waals surface area contributed by atoms with E-state index < -0.39 is 12.1 Å². The van der Waals surface area contributed by atoms with Crippen LogP contribution < -0.4 is 5.32 Å². The Bertz CT molecular complexity index is 1200. The zero-order chi connectivity index (χ0) is 22.2. The molecular formula is C25H26N4O3. The summed E-state index contributed by atoms with van der Waals surface area (Å²) in [5.74, 6) is -0.443. The first-order valence-corrected chi connectivity index (χ1v) is 11.1. The summed E-state index contributed by atoms with van der Waals surface area (Å²) in [5, 5.41) is 4.08. The first kappa shape index (κ1) is 20.3. The van der Waals surface area contributed by atoms with E-state index in [1.54, 1.807) is 22.8 Å². The van der Waals surface area contributed by atoms with Gasteiger partial charge < -0.3 is 20.1 Å². The van der Waals surface area contributed by atoms with E-state index in [2.05, 4.69) is 10.3 Å². The minimum atomic E-state index is -0.614. The molecule has 3 aromatic rings. The number of likely N-dealkylation sites (tertiary alicyclic amines) is 1. The second-order valence-electron chi connectivity index (χ2n) is 8.53. The number of aromatic nitrogens is 1. The summed E-state index contributed by atoms with van der Waals surface area (Å²) in [7, 11) is 0. The number of rotatable bonds is 5. The SMILES string of the molecule is CC(C(=O)N1CCCC1C(=O)NCc1c[nH]c2ccccc12)N1Cc2ccccc2C1=O. The van der Waals surface area contributed by atoms with Crippen LogP contribution in [0.15, 0.2) is 54.7 Å². The van der Waals surface area contributed by atoms with Gasteiger partial charge in [-0.25, -0.2) is 0 Å². The number of fused-ring (bicyclic) bond motifs is 2. The van der Waals surface area contributed by atoms with Crippen LogP contribution >= 0.6 is 0 Å². The number of aromatic amines is 1. The Kier molecular flexibility index (Phi) is 5.17. The standard InChI is InChI=1S/C25H26N4O3/c1-16(29-15-17-7-2-3-9-20(17)25(29)32)24(31)28-12-6-11-22(28)23(30)27-14-18-13-26-21-10-5-4-8-19(18)21/h2-5,7-10,13,16,22,26H,6,11-12,14-15H2,1H3,(H,27,30). The molecule has 7 heteroatoms. The third-order valence-electron chi connectivity index (χ3n) is 6.64. The maximum atomic E-state index is 13.3. The number of H-pyrrole nitrogens is 1. The van der Waals surface area contributed by atoms with E-state index in [0.717, 1.165) is 28.5 Å². The summed E-state index contributed by atoms with van der Waals surface area (Å²) in [6, 6.07) is 14.3. The number of hydrogen-bond donors (Lipinski definition) is 2. The molecule has 0 aliphatic carbocycles. The molecule has 5 rings (SSSR count). The zero-order valence-corrected chi connectivity index (χ0v) is 18.0. The van der Waals surface area contributed by atoms with Crippen molar-refractivity contribution in [2.75, 3.05) is 6.54 Å². The van der Waals surface area contributed by atoms with Crippen molar-refractivity contribution in [3.05, 3.63) is 71.4 Å². The van der Waals surface area contributed by atoms with Crippen molar-refractivity contribution in [2.45, 2.75) is 44.9 Å². The summed E-state index contributed by atoms with van der Waals surface area (Å²) < 4.78 is 0. The van der Waals surface area contributed by atoms with Gasteiger partial charge >= 0.3 is 0 Å². The van der Waals surface area contributed by atoms with Crippen LogP contribution in [-0.2, 0) is 22.7 Å². The molecular weight excluding hydrogens is 404 g/mol. The fourth-order valence-electron chi connectivity index (χ4n) is 4.84. The lowest BCUT2D eigenvalue weighted by Gasteiger charge is -2.31. The first-order valence-electron chi connectivity index (χ1n) is 11.1. The van der Waals surface area contributed by atoms with Crippen LogP contribution in [0, 0.1) is 0 Å². The van der Waals surface area contributed by atoms with Crippen molar-refractivity contribution in [2.24, 2.45) is 0 Å². The molecule has 0 radical (unpaired) electrons. The normalized spacial score (nSPS) is 18.8. The molecule has 0 spiro atoms. The van der Waals surface area contributed by atoms with Crippen LogP contribution in [0.1, 0.15) is 41.3 Å². The van der Waals surface area contributed by atoms with Crippen molar-refractivity contribution in [1.29, 1.82) is 0 Å². The quantitative estimate of drug-likeness (QED) is 0.653. The fourth-order valence-corrected chi connectivity index (χ4v) is 4.84. The van der Waals surface area contributed by atoms with Gasteiger partial charge in [-0.2, -0.15) is 0 Å². The van der Waals surface area contributed by atoms with Gasteiger partial charge in [0.05, 0.1) is 0 Å². The Morgan fingerprint density at radius 1 is 1.16 bits per heavy atom. The fraction of sp³-hybridized carbons (Fsp3) is 0.320. The molecule has 2 atom stereocenters. The Morgan fingerprint density at radius 3 is 2.78 bits per heavy atom. The van der Waals surface area contributed by atoms with E-state index in [-0.39, 0.29) is 17.7 Å². The van der Waals surface area contributed by atoms with Gasteiger partial charge in [0.15, 0.2) is 0 Å². The lowest BCUT2D eigenvalue weighted by molar-refractivity contribution is -0.141. The molecule has 2 aliphatic rings. The Hall–Kier alpha value is -3.61. The number of carbonyl (C=O) groups excluding carboxylic acids is 3. The monoisotopic (exact) mass is 430 g/mol. The average molecular weight is 431 g/mol. The van der Waals surface area contributed by atoms with Crippen LogP contribution in [0.4, 0.5) is 0 Å². The molecule has 7 nitrogen and oxygen atoms in total. The van der Waals surface area contributed by atoms with Crippen LogP contribution in [-0.4, -0.2) is 51.1 Å². The number of amides is 3. The number of nitrogens with zero attached hydrogens (tertiary/aromatic N) is 2. The van der Waals surface area contributed by atoms with Crippen molar-refractivity contribution >= 4 is 28.6 Å². The molecule has 3 amide bonds. The summed E-state index contributed by atoms with van der Waals surface area (Å²) in [5.41, 5.74) is 3.63. The van der Waals surface area contributed by atoms with Crippen LogP contribution in [0.2, 0.25) is 0 Å². The highest BCUT2D eigenvalue weighted by molar-refractivity contribution is 6.01. The molecule has 2 unspecified atom stereocenters. The number of benzene rings is 2. The van der Waals surface area contributed by atoms with Gasteiger partial charge in [-0.1, -0.05) is 36.4 Å². The number of hydrogen-bond acceptors (Lipinski definition) is 3. The summed E-state index contributed by atoms with van der Waals surface area (Å²) in [4.78, 5) is 45.5. The molecule has 3 heterocycles. The first-order chi connectivity index (χ1) is 15.5. The molecule has 1 fully saturated rings. The Balaban J connectivity index is 1.25. The van der Waals surface area contributed by atoms with Crippen LogP contribution in [0.3, 0.4) is 0 Å². The van der Waals surface area contributed by atoms with Crippen molar-refractivity contribution in [1.82, 2.24) is 20.1 Å². The number of nitrogens with one attached hydrogen (secondary N) is 2. The highest BCUT2D eigenvalue weighted by atomic mass is 16.2. The lowest BCUT2D eigenvalue weighted by Crippen LogP contribution is -2.52. The van der Waals surface area contributed by atoms with Crippen molar-refractivity contribution < 1.29 is 14.4 Å². The van der Waals surface area contributed by atoms with Gasteiger partial charge in [-0.3, -0.25) is 14.4 Å². The molecule has 2 aromatic carbocycles. The van der Waals surface area contributed by atoms with Gasteiger partial charge in [-0.05, 0) is 43.0 Å². The molecule has 2 aliphatic heterocycles. The number of para-hydroxylation sites is 1. The third-order valence-corrected chi connectivity index (χ3v) is 6.64. The second-order valence-corrected chi connectivity index (χ2v) is 8.53. The van der Waals surface area contributed by atoms with Gasteiger partial charge in [0, 0.05) is 42.3 Å². The van der Waals surface area contributed by atoms with Crippen molar-refractivity contribution in [3.63, 3.8) is 0 Å². The highest BCUT2D eigenvalue weighted by Gasteiger charge is 2.40. The summed E-state index contributed by atoms with van der Waals surface area (Å²) >= 11 is 0. The van der Waals surface area contributed by atoms with E-state index in [0.29, 0.717) is 31.6 Å². The molecule has 0 bridgehead atoms. The molecule has 1 saturated heterocycles. The maximum Gasteiger partial charge on any atom is 0.255 e. The number of carbonyl (C=O) groups is 3. The largest absolute Gasteiger partial charge is 0.361 e. The van der Waals surface area contributed by atoms with Crippen LogP contribution in [0.25, 0.3) is 10.9 Å².